The van der Waals surface area contributed by atoms with Crippen LogP contribution in [0.2, 0.25) is 0 Å². The lowest BCUT2D eigenvalue weighted by molar-refractivity contribution is -1.09. The number of likely N-dealkylation sites (tertiary alicyclic amines) is 1. The Morgan fingerprint density at radius 1 is 1.12 bits per heavy atom. The third kappa shape index (κ3) is 2.45. The van der Waals surface area contributed by atoms with E-state index in [1.54, 1.807) is 0 Å². The van der Waals surface area contributed by atoms with E-state index in [1.807, 2.05) is 7.11 Å². The number of hydrogen-bond donors (Lipinski definition) is 0. The summed E-state index contributed by atoms with van der Waals surface area (Å²) < 4.78 is 0.766. The minimum Gasteiger partial charge on any atom is -0.206 e. The first-order chi connectivity index (χ1) is 7.63. The molecule has 0 aromatic heterocycles. The number of nitrogens with zero attached hydrogens (tertiary/aromatic N) is 1. The van der Waals surface area contributed by atoms with Crippen LogP contribution in [0.25, 0.3) is 0 Å². The van der Waals surface area contributed by atoms with Crippen LogP contribution in [0.1, 0.15) is 29.9 Å². The Kier molecular flexibility index (Phi) is 3.31. The van der Waals surface area contributed by atoms with Gasteiger partial charge < -0.3 is 0 Å². The van der Waals surface area contributed by atoms with Crippen molar-refractivity contribution in [2.75, 3.05) is 27.2 Å². The monoisotopic (exact) mass is 220 g/mol. The molecule has 0 bridgehead atoms. The second-order valence-corrected chi connectivity index (χ2v) is 5.11. The average molecular weight is 220 g/mol. The summed E-state index contributed by atoms with van der Waals surface area (Å²) in [4.78, 5) is 5.52. The lowest BCUT2D eigenvalue weighted by Crippen LogP contribution is -2.48. The Labute approximate surface area is 98.4 Å². The molecule has 0 atom stereocenters. The summed E-state index contributed by atoms with van der Waals surface area (Å²) in [5.74, 6) is 0.724. The summed E-state index contributed by atoms with van der Waals surface area (Å²) in [5, 5.41) is 0. The topological polar surface area (TPSA) is 9.23 Å². The van der Waals surface area contributed by atoms with Gasteiger partial charge in [-0.25, -0.2) is 4.84 Å². The number of quaternary nitrogens is 1. The van der Waals surface area contributed by atoms with Gasteiger partial charge in [-0.3, -0.25) is 0 Å². The fraction of sp³-hybridized carbons (Fsp3) is 0.571. The number of piperidine rings is 1. The molecule has 1 fully saturated rings. The number of benzene rings is 1. The van der Waals surface area contributed by atoms with Crippen molar-refractivity contribution in [2.24, 2.45) is 0 Å². The van der Waals surface area contributed by atoms with Gasteiger partial charge in [-0.15, -0.1) is 0 Å². The lowest BCUT2D eigenvalue weighted by Gasteiger charge is -2.36. The Bertz CT molecular complexity index is 336. The fourth-order valence-corrected chi connectivity index (χ4v) is 2.47. The molecule has 88 valence electrons. The minimum absolute atomic E-state index is 0.724. The van der Waals surface area contributed by atoms with Crippen LogP contribution in [0.5, 0.6) is 0 Å². The molecule has 0 spiro atoms. The van der Waals surface area contributed by atoms with Crippen molar-refractivity contribution < 1.29 is 9.48 Å². The Morgan fingerprint density at radius 3 is 2.19 bits per heavy atom. The van der Waals surface area contributed by atoms with Crippen LogP contribution in [0, 0.1) is 6.92 Å². The zero-order valence-corrected chi connectivity index (χ0v) is 10.6. The highest BCUT2D eigenvalue weighted by Crippen LogP contribution is 2.30. The quantitative estimate of drug-likeness (QED) is 0.696. The molecule has 1 aromatic carbocycles. The number of hydrogen-bond acceptors (Lipinski definition) is 1. The van der Waals surface area contributed by atoms with Crippen LogP contribution in [0.15, 0.2) is 24.3 Å². The van der Waals surface area contributed by atoms with Gasteiger partial charge in [0, 0.05) is 12.8 Å². The van der Waals surface area contributed by atoms with E-state index in [-0.39, 0.29) is 0 Å². The van der Waals surface area contributed by atoms with Gasteiger partial charge >= 0.3 is 0 Å². The molecule has 0 N–H and O–H groups in total. The van der Waals surface area contributed by atoms with Gasteiger partial charge in [-0.2, -0.15) is 4.65 Å². The highest BCUT2D eigenvalue weighted by Gasteiger charge is 2.31. The second kappa shape index (κ2) is 4.56. The van der Waals surface area contributed by atoms with Crippen molar-refractivity contribution in [3.05, 3.63) is 35.4 Å². The van der Waals surface area contributed by atoms with Crippen LogP contribution in [-0.4, -0.2) is 31.9 Å². The average Bonchev–Trinajstić information content (AvgIpc) is 2.32. The molecule has 0 saturated carbocycles. The van der Waals surface area contributed by atoms with Crippen molar-refractivity contribution in [2.45, 2.75) is 25.7 Å². The molecule has 1 aliphatic rings. The van der Waals surface area contributed by atoms with E-state index in [9.17, 15) is 0 Å². The van der Waals surface area contributed by atoms with Crippen molar-refractivity contribution >= 4 is 0 Å². The third-order valence-corrected chi connectivity index (χ3v) is 3.89. The zero-order valence-electron chi connectivity index (χ0n) is 10.6. The van der Waals surface area contributed by atoms with E-state index in [1.165, 1.54) is 24.0 Å². The molecule has 0 radical (unpaired) electrons. The van der Waals surface area contributed by atoms with Crippen LogP contribution >= 0.6 is 0 Å². The van der Waals surface area contributed by atoms with Gasteiger partial charge in [0.25, 0.3) is 0 Å². The first kappa shape index (κ1) is 11.6. The fourth-order valence-electron chi connectivity index (χ4n) is 2.47. The van der Waals surface area contributed by atoms with E-state index in [2.05, 4.69) is 38.2 Å². The van der Waals surface area contributed by atoms with Crippen molar-refractivity contribution in [3.63, 3.8) is 0 Å². The summed E-state index contributed by atoms with van der Waals surface area (Å²) in [5.41, 5.74) is 2.84. The van der Waals surface area contributed by atoms with Gasteiger partial charge in [-0.05, 0) is 18.4 Å². The SMILES string of the molecule is CO[N+]1(C)CCC(c2ccc(C)cc2)CC1. The molecule has 16 heavy (non-hydrogen) atoms. The maximum Gasteiger partial charge on any atom is 0.109 e. The van der Waals surface area contributed by atoms with Crippen LogP contribution < -0.4 is 0 Å². The van der Waals surface area contributed by atoms with Crippen molar-refractivity contribution in [1.82, 2.24) is 0 Å². The molecule has 1 aliphatic heterocycles. The Morgan fingerprint density at radius 2 is 1.69 bits per heavy atom. The van der Waals surface area contributed by atoms with Gasteiger partial charge in [-0.1, -0.05) is 29.8 Å². The Balaban J connectivity index is 2.01. The van der Waals surface area contributed by atoms with Gasteiger partial charge in [0.2, 0.25) is 0 Å². The van der Waals surface area contributed by atoms with Crippen LogP contribution in [0.4, 0.5) is 0 Å². The zero-order chi connectivity index (χ0) is 11.6. The maximum atomic E-state index is 5.52. The molecule has 2 rings (SSSR count). The first-order valence-electron chi connectivity index (χ1n) is 6.10. The standard InChI is InChI=1S/C14H22NO/c1-12-4-6-13(7-5-12)14-8-10-15(2,16-3)11-9-14/h4-7,14H,8-11H2,1-3H3/q+1. The summed E-state index contributed by atoms with van der Waals surface area (Å²) in [6.07, 6.45) is 2.46. The predicted molar refractivity (Wildman–Crippen MR) is 66.1 cm³/mol. The summed E-state index contributed by atoms with van der Waals surface area (Å²) in [7, 11) is 3.98. The van der Waals surface area contributed by atoms with E-state index < -0.39 is 0 Å². The van der Waals surface area contributed by atoms with Crippen molar-refractivity contribution in [3.8, 4) is 0 Å². The number of rotatable bonds is 2. The Hall–Kier alpha value is -0.860. The number of hydroxylamine groups is 3. The second-order valence-electron chi connectivity index (χ2n) is 5.11. The van der Waals surface area contributed by atoms with E-state index >= 15 is 0 Å². The van der Waals surface area contributed by atoms with E-state index in [0.29, 0.717) is 0 Å². The molecule has 0 unspecified atom stereocenters. The summed E-state index contributed by atoms with van der Waals surface area (Å²) >= 11 is 0. The van der Waals surface area contributed by atoms with Crippen LogP contribution in [0.3, 0.4) is 0 Å². The van der Waals surface area contributed by atoms with Crippen molar-refractivity contribution in [1.29, 1.82) is 0 Å². The normalized spacial score (nSPS) is 30.3. The minimum atomic E-state index is 0.724. The summed E-state index contributed by atoms with van der Waals surface area (Å²) in [6.45, 7) is 4.38. The van der Waals surface area contributed by atoms with Gasteiger partial charge in [0.15, 0.2) is 0 Å². The molecule has 1 aromatic rings. The van der Waals surface area contributed by atoms with Crippen LogP contribution in [-0.2, 0) is 4.84 Å². The van der Waals surface area contributed by atoms with E-state index in [4.69, 9.17) is 4.84 Å². The molecular formula is C14H22NO+. The molecule has 0 aliphatic carbocycles. The lowest BCUT2D eigenvalue weighted by atomic mass is 9.89. The number of aryl methyl sites for hydroxylation is 1. The predicted octanol–water partition coefficient (Wildman–Crippen LogP) is 2.88. The highest BCUT2D eigenvalue weighted by molar-refractivity contribution is 5.24. The largest absolute Gasteiger partial charge is 0.206 e. The molecule has 2 heteroatoms. The smallest absolute Gasteiger partial charge is 0.109 e. The summed E-state index contributed by atoms with van der Waals surface area (Å²) in [6, 6.07) is 8.99. The van der Waals surface area contributed by atoms with E-state index in [0.717, 1.165) is 23.7 Å². The molecular weight excluding hydrogens is 198 g/mol. The molecule has 0 amide bonds. The molecule has 1 saturated heterocycles. The highest BCUT2D eigenvalue weighted by atomic mass is 16.7. The third-order valence-electron chi connectivity index (χ3n) is 3.89. The van der Waals surface area contributed by atoms with Gasteiger partial charge in [0.1, 0.15) is 13.1 Å². The molecule has 2 nitrogen and oxygen atoms in total. The maximum absolute atomic E-state index is 5.52. The van der Waals surface area contributed by atoms with Gasteiger partial charge in [0.05, 0.1) is 14.2 Å². The first-order valence-corrected chi connectivity index (χ1v) is 6.10. The molecule has 1 heterocycles.